The van der Waals surface area contributed by atoms with Crippen LogP contribution in [0.25, 0.3) is 0 Å². The second-order valence-corrected chi connectivity index (χ2v) is 3.99. The van der Waals surface area contributed by atoms with E-state index in [4.69, 9.17) is 4.74 Å². The Balaban J connectivity index is 2.06. The normalized spacial score (nSPS) is 10.2. The molecule has 1 N–H and O–H groups in total. The van der Waals surface area contributed by atoms with Gasteiger partial charge in [-0.15, -0.1) is 0 Å². The number of carbonyl (C=O) groups excluding carboxylic acids is 1. The van der Waals surface area contributed by atoms with E-state index in [1.807, 2.05) is 30.3 Å². The molecule has 3 heteroatoms. The summed E-state index contributed by atoms with van der Waals surface area (Å²) in [6, 6.07) is 9.65. The van der Waals surface area contributed by atoms with Crippen molar-refractivity contribution in [3.8, 4) is 0 Å². The summed E-state index contributed by atoms with van der Waals surface area (Å²) in [5, 5.41) is 3.23. The predicted octanol–water partition coefficient (Wildman–Crippen LogP) is 2.16. The highest BCUT2D eigenvalue weighted by Gasteiger charge is 2.03. The van der Waals surface area contributed by atoms with Crippen molar-refractivity contribution in [3.63, 3.8) is 0 Å². The Bertz CT molecular complexity index is 311. The minimum Gasteiger partial charge on any atom is -0.464 e. The Hall–Kier alpha value is -1.35. The minimum absolute atomic E-state index is 0.159. The van der Waals surface area contributed by atoms with Crippen LogP contribution in [-0.2, 0) is 16.0 Å². The molecule has 1 aromatic rings. The summed E-state index contributed by atoms with van der Waals surface area (Å²) in [7, 11) is 0. The van der Waals surface area contributed by atoms with E-state index in [0.717, 1.165) is 25.1 Å². The molecule has 3 nitrogen and oxygen atoms in total. The van der Waals surface area contributed by atoms with Crippen molar-refractivity contribution in [3.05, 3.63) is 35.9 Å². The third kappa shape index (κ3) is 6.74. The SMILES string of the molecule is CCCCNCCOC(=O)Cc1ccccc1. The van der Waals surface area contributed by atoms with Crippen molar-refractivity contribution in [2.24, 2.45) is 0 Å². The lowest BCUT2D eigenvalue weighted by Crippen LogP contribution is -2.22. The lowest BCUT2D eigenvalue weighted by atomic mass is 10.2. The topological polar surface area (TPSA) is 38.3 Å². The zero-order valence-electron chi connectivity index (χ0n) is 10.4. The van der Waals surface area contributed by atoms with Crippen LogP contribution in [0.1, 0.15) is 25.3 Å². The van der Waals surface area contributed by atoms with Crippen LogP contribution in [0.4, 0.5) is 0 Å². The standard InChI is InChI=1S/C14H21NO2/c1-2-3-9-15-10-11-17-14(16)12-13-7-5-4-6-8-13/h4-8,15H,2-3,9-12H2,1H3. The monoisotopic (exact) mass is 235 g/mol. The molecule has 1 rings (SSSR count). The van der Waals surface area contributed by atoms with Crippen LogP contribution in [0.5, 0.6) is 0 Å². The Morgan fingerprint density at radius 2 is 2.00 bits per heavy atom. The van der Waals surface area contributed by atoms with Crippen LogP contribution in [-0.4, -0.2) is 25.7 Å². The maximum Gasteiger partial charge on any atom is 0.310 e. The van der Waals surface area contributed by atoms with Crippen molar-refractivity contribution in [1.29, 1.82) is 0 Å². The zero-order valence-corrected chi connectivity index (χ0v) is 10.4. The Kier molecular flexibility index (Phi) is 7.07. The van der Waals surface area contributed by atoms with Crippen LogP contribution < -0.4 is 5.32 Å². The van der Waals surface area contributed by atoms with Crippen molar-refractivity contribution in [2.75, 3.05) is 19.7 Å². The maximum absolute atomic E-state index is 11.5. The van der Waals surface area contributed by atoms with Crippen LogP contribution in [0, 0.1) is 0 Å². The zero-order chi connectivity index (χ0) is 12.3. The number of carbonyl (C=O) groups is 1. The molecule has 0 heterocycles. The number of rotatable bonds is 8. The predicted molar refractivity (Wildman–Crippen MR) is 68.9 cm³/mol. The van der Waals surface area contributed by atoms with Crippen molar-refractivity contribution in [2.45, 2.75) is 26.2 Å². The average molecular weight is 235 g/mol. The first-order valence-electron chi connectivity index (χ1n) is 6.23. The fraction of sp³-hybridized carbons (Fsp3) is 0.500. The lowest BCUT2D eigenvalue weighted by Gasteiger charge is -2.06. The smallest absolute Gasteiger partial charge is 0.310 e. The Morgan fingerprint density at radius 3 is 2.71 bits per heavy atom. The Labute approximate surface area is 103 Å². The number of benzene rings is 1. The van der Waals surface area contributed by atoms with E-state index in [-0.39, 0.29) is 5.97 Å². The molecule has 0 spiro atoms. The molecule has 0 saturated carbocycles. The molecule has 0 aliphatic carbocycles. The number of nitrogens with one attached hydrogen (secondary N) is 1. The van der Waals surface area contributed by atoms with Gasteiger partial charge in [-0.25, -0.2) is 0 Å². The van der Waals surface area contributed by atoms with Gasteiger partial charge in [-0.3, -0.25) is 4.79 Å². The molecule has 0 aliphatic heterocycles. The van der Waals surface area contributed by atoms with Crippen molar-refractivity contribution in [1.82, 2.24) is 5.32 Å². The molecular formula is C14H21NO2. The first-order chi connectivity index (χ1) is 8.33. The molecule has 0 unspecified atom stereocenters. The van der Waals surface area contributed by atoms with Gasteiger partial charge in [-0.2, -0.15) is 0 Å². The van der Waals surface area contributed by atoms with Gasteiger partial charge in [0.2, 0.25) is 0 Å². The van der Waals surface area contributed by atoms with Gasteiger partial charge in [0.05, 0.1) is 6.42 Å². The molecule has 0 aromatic heterocycles. The number of unbranched alkanes of at least 4 members (excludes halogenated alkanes) is 1. The first kappa shape index (κ1) is 13.7. The molecule has 0 saturated heterocycles. The molecule has 0 fully saturated rings. The molecule has 0 radical (unpaired) electrons. The van der Waals surface area contributed by atoms with E-state index in [2.05, 4.69) is 12.2 Å². The summed E-state index contributed by atoms with van der Waals surface area (Å²) in [6.45, 7) is 4.34. The average Bonchev–Trinajstić information content (AvgIpc) is 2.35. The van der Waals surface area contributed by atoms with Gasteiger partial charge in [-0.1, -0.05) is 43.7 Å². The quantitative estimate of drug-likeness (QED) is 0.554. The van der Waals surface area contributed by atoms with Crippen molar-refractivity contribution >= 4 is 5.97 Å². The third-order valence-corrected chi connectivity index (χ3v) is 2.44. The highest BCUT2D eigenvalue weighted by atomic mass is 16.5. The molecule has 0 amide bonds. The van der Waals surface area contributed by atoms with E-state index in [0.29, 0.717) is 13.0 Å². The summed E-state index contributed by atoms with van der Waals surface area (Å²) in [6.07, 6.45) is 2.70. The van der Waals surface area contributed by atoms with Crippen LogP contribution >= 0.6 is 0 Å². The van der Waals surface area contributed by atoms with Gasteiger partial charge in [0.15, 0.2) is 0 Å². The van der Waals surface area contributed by atoms with Crippen LogP contribution in [0.15, 0.2) is 30.3 Å². The minimum atomic E-state index is -0.159. The van der Waals surface area contributed by atoms with E-state index in [9.17, 15) is 4.79 Å². The summed E-state index contributed by atoms with van der Waals surface area (Å²) < 4.78 is 5.12. The summed E-state index contributed by atoms with van der Waals surface area (Å²) in [5.41, 5.74) is 0.997. The highest BCUT2D eigenvalue weighted by Crippen LogP contribution is 2.00. The molecule has 0 aliphatic rings. The molecule has 1 aromatic carbocycles. The fourth-order valence-corrected chi connectivity index (χ4v) is 1.48. The largest absolute Gasteiger partial charge is 0.464 e. The number of ether oxygens (including phenoxy) is 1. The first-order valence-corrected chi connectivity index (χ1v) is 6.23. The number of hydrogen-bond acceptors (Lipinski definition) is 3. The fourth-order valence-electron chi connectivity index (χ4n) is 1.48. The number of hydrogen-bond donors (Lipinski definition) is 1. The third-order valence-electron chi connectivity index (χ3n) is 2.44. The van der Waals surface area contributed by atoms with Gasteiger partial charge in [-0.05, 0) is 18.5 Å². The van der Waals surface area contributed by atoms with Crippen LogP contribution in [0.2, 0.25) is 0 Å². The summed E-state index contributed by atoms with van der Waals surface area (Å²) in [4.78, 5) is 11.5. The van der Waals surface area contributed by atoms with Gasteiger partial charge >= 0.3 is 5.97 Å². The summed E-state index contributed by atoms with van der Waals surface area (Å²) in [5.74, 6) is -0.159. The second-order valence-electron chi connectivity index (χ2n) is 3.99. The van der Waals surface area contributed by atoms with Crippen molar-refractivity contribution < 1.29 is 9.53 Å². The van der Waals surface area contributed by atoms with E-state index < -0.39 is 0 Å². The molecule has 17 heavy (non-hydrogen) atoms. The lowest BCUT2D eigenvalue weighted by molar-refractivity contribution is -0.142. The number of esters is 1. The van der Waals surface area contributed by atoms with E-state index in [1.165, 1.54) is 6.42 Å². The summed E-state index contributed by atoms with van der Waals surface area (Å²) >= 11 is 0. The molecule has 0 bridgehead atoms. The van der Waals surface area contributed by atoms with Gasteiger partial charge < -0.3 is 10.1 Å². The van der Waals surface area contributed by atoms with Crippen LogP contribution in [0.3, 0.4) is 0 Å². The van der Waals surface area contributed by atoms with E-state index in [1.54, 1.807) is 0 Å². The second kappa shape index (κ2) is 8.76. The Morgan fingerprint density at radius 1 is 1.24 bits per heavy atom. The van der Waals surface area contributed by atoms with E-state index >= 15 is 0 Å². The van der Waals surface area contributed by atoms with Gasteiger partial charge in [0.25, 0.3) is 0 Å². The molecular weight excluding hydrogens is 214 g/mol. The highest BCUT2D eigenvalue weighted by molar-refractivity contribution is 5.72. The maximum atomic E-state index is 11.5. The van der Waals surface area contributed by atoms with Gasteiger partial charge in [0.1, 0.15) is 6.61 Å². The molecule has 0 atom stereocenters. The molecule has 94 valence electrons. The van der Waals surface area contributed by atoms with Gasteiger partial charge in [0, 0.05) is 6.54 Å².